The Morgan fingerprint density at radius 1 is 0.609 bits per heavy atom. The molecule has 2 N–H and O–H groups in total. The maximum absolute atomic E-state index is 5.89. The van der Waals surface area contributed by atoms with E-state index >= 15 is 0 Å². The van der Waals surface area contributed by atoms with Crippen LogP contribution in [0.1, 0.15) is 110 Å². The molecular formula is C18H38Cl3NSi. The minimum Gasteiger partial charge on any atom is -0.327 e. The van der Waals surface area contributed by atoms with Gasteiger partial charge in [0.15, 0.2) is 0 Å². The molecule has 5 heteroatoms. The molecule has 0 aliphatic carbocycles. The Morgan fingerprint density at radius 2 is 0.913 bits per heavy atom. The molecule has 0 rings (SSSR count). The summed E-state index contributed by atoms with van der Waals surface area (Å²) in [5.41, 5.74) is 5.67. The van der Waals surface area contributed by atoms with Crippen LogP contribution in [-0.2, 0) is 0 Å². The third kappa shape index (κ3) is 17.7. The molecule has 0 saturated heterocycles. The molecule has 0 aromatic rings. The second kappa shape index (κ2) is 16.5. The Kier molecular flexibility index (Phi) is 17.3. The Balaban J connectivity index is 3.11. The molecule has 1 unspecified atom stereocenters. The zero-order valence-electron chi connectivity index (χ0n) is 15.1. The zero-order chi connectivity index (χ0) is 17.4. The van der Waals surface area contributed by atoms with E-state index in [-0.39, 0.29) is 5.67 Å². The van der Waals surface area contributed by atoms with Crippen LogP contribution in [0.3, 0.4) is 0 Å². The maximum Gasteiger partial charge on any atom is 0.357 e. The molecule has 0 bridgehead atoms. The molecule has 0 fully saturated rings. The smallest absolute Gasteiger partial charge is 0.327 e. The molecule has 0 saturated carbocycles. The van der Waals surface area contributed by atoms with Crippen molar-refractivity contribution in [3.8, 4) is 0 Å². The van der Waals surface area contributed by atoms with Crippen LogP contribution in [0.25, 0.3) is 0 Å². The average molecular weight is 403 g/mol. The fourth-order valence-electron chi connectivity index (χ4n) is 2.90. The van der Waals surface area contributed by atoms with E-state index in [1.807, 2.05) is 0 Å². The van der Waals surface area contributed by atoms with Gasteiger partial charge in [0.05, 0.1) is 0 Å². The summed E-state index contributed by atoms with van der Waals surface area (Å²) in [7, 11) is 0. The molecule has 0 aromatic carbocycles. The highest BCUT2D eigenvalue weighted by molar-refractivity contribution is 7.65. The first-order chi connectivity index (χ1) is 11.0. The van der Waals surface area contributed by atoms with Crippen LogP contribution in [0.4, 0.5) is 0 Å². The molecule has 0 amide bonds. The molecule has 0 heterocycles. The van der Waals surface area contributed by atoms with Crippen molar-refractivity contribution in [2.45, 2.75) is 115 Å². The summed E-state index contributed by atoms with van der Waals surface area (Å²) < 4.78 is 0. The molecule has 1 atom stereocenters. The Hall–Kier alpha value is 1.05. The zero-order valence-corrected chi connectivity index (χ0v) is 18.4. The van der Waals surface area contributed by atoms with Gasteiger partial charge in [0, 0.05) is 5.67 Å². The molecule has 0 aliphatic heterocycles. The highest BCUT2D eigenvalue weighted by Gasteiger charge is 2.33. The monoisotopic (exact) mass is 401 g/mol. The van der Waals surface area contributed by atoms with Gasteiger partial charge in [0.1, 0.15) is 0 Å². The van der Waals surface area contributed by atoms with Gasteiger partial charge in [-0.05, 0) is 6.42 Å². The van der Waals surface area contributed by atoms with Crippen LogP contribution < -0.4 is 5.73 Å². The number of unbranched alkanes of at least 4 members (excludes halogenated alkanes) is 14. The van der Waals surface area contributed by atoms with E-state index in [4.69, 9.17) is 39.0 Å². The lowest BCUT2D eigenvalue weighted by Gasteiger charge is -2.16. The lowest BCUT2D eigenvalue weighted by Crippen LogP contribution is -2.39. The van der Waals surface area contributed by atoms with Crippen LogP contribution in [-0.4, -0.2) is 11.7 Å². The third-order valence-corrected chi connectivity index (χ3v) is 8.19. The average Bonchev–Trinajstić information content (AvgIpc) is 2.50. The summed E-state index contributed by atoms with van der Waals surface area (Å²) >= 11 is 17.7. The summed E-state index contributed by atoms with van der Waals surface area (Å²) in [6.45, 7) is 2.28. The SMILES string of the molecule is CCCCCCCCCCCCCCCCCC(N)[Si](Cl)(Cl)Cl. The van der Waals surface area contributed by atoms with Crippen molar-refractivity contribution in [1.82, 2.24) is 0 Å². The molecule has 140 valence electrons. The topological polar surface area (TPSA) is 26.0 Å². The fourth-order valence-corrected chi connectivity index (χ4v) is 4.41. The van der Waals surface area contributed by atoms with Gasteiger partial charge in [-0.25, -0.2) is 0 Å². The number of hydrogen-bond acceptors (Lipinski definition) is 1. The van der Waals surface area contributed by atoms with Crippen molar-refractivity contribution in [2.24, 2.45) is 5.73 Å². The van der Waals surface area contributed by atoms with Crippen LogP contribution in [0.5, 0.6) is 0 Å². The van der Waals surface area contributed by atoms with E-state index < -0.39 is 6.00 Å². The first kappa shape index (κ1) is 24.0. The van der Waals surface area contributed by atoms with E-state index in [1.165, 1.54) is 89.9 Å². The molecule has 1 nitrogen and oxygen atoms in total. The largest absolute Gasteiger partial charge is 0.357 e. The number of nitrogens with two attached hydrogens (primary N) is 1. The maximum atomic E-state index is 5.89. The number of rotatable bonds is 17. The summed E-state index contributed by atoms with van der Waals surface area (Å²) in [6.07, 6.45) is 21.4. The standard InChI is InChI=1S/C18H38Cl3NSi/c1-2-3-4-5-6-7-8-9-10-11-12-13-14-15-16-17-18(22)23(19,20)21/h18H,2-17,22H2,1H3. The van der Waals surface area contributed by atoms with Crippen LogP contribution in [0.15, 0.2) is 0 Å². The second-order valence-electron chi connectivity index (χ2n) is 6.89. The van der Waals surface area contributed by atoms with Crippen molar-refractivity contribution >= 4 is 39.2 Å². The minimum absolute atomic E-state index is 0.200. The van der Waals surface area contributed by atoms with Crippen LogP contribution in [0.2, 0.25) is 0 Å². The normalized spacial score (nSPS) is 13.4. The van der Waals surface area contributed by atoms with Crippen molar-refractivity contribution in [2.75, 3.05) is 0 Å². The van der Waals surface area contributed by atoms with Crippen LogP contribution >= 0.6 is 33.2 Å². The summed E-state index contributed by atoms with van der Waals surface area (Å²) in [5, 5.41) is 0. The van der Waals surface area contributed by atoms with Gasteiger partial charge in [-0.15, -0.1) is 33.2 Å². The second-order valence-corrected chi connectivity index (χ2v) is 15.8. The van der Waals surface area contributed by atoms with Crippen LogP contribution in [0, 0.1) is 0 Å². The van der Waals surface area contributed by atoms with E-state index in [9.17, 15) is 0 Å². The van der Waals surface area contributed by atoms with Crippen molar-refractivity contribution < 1.29 is 0 Å². The highest BCUT2D eigenvalue weighted by atomic mass is 35.8. The van der Waals surface area contributed by atoms with Crippen molar-refractivity contribution in [1.29, 1.82) is 0 Å². The van der Waals surface area contributed by atoms with Crippen molar-refractivity contribution in [3.63, 3.8) is 0 Å². The molecule has 0 aromatic heterocycles. The first-order valence-electron chi connectivity index (χ1n) is 9.80. The van der Waals surface area contributed by atoms with Gasteiger partial charge < -0.3 is 5.73 Å². The predicted octanol–water partition coefficient (Wildman–Crippen LogP) is 7.77. The lowest BCUT2D eigenvalue weighted by molar-refractivity contribution is 0.528. The number of halogens is 3. The predicted molar refractivity (Wildman–Crippen MR) is 111 cm³/mol. The summed E-state index contributed by atoms with van der Waals surface area (Å²) in [6, 6.07) is -2.67. The van der Waals surface area contributed by atoms with Gasteiger partial charge in [0.2, 0.25) is 0 Å². The van der Waals surface area contributed by atoms with Gasteiger partial charge in [0.25, 0.3) is 0 Å². The summed E-state index contributed by atoms with van der Waals surface area (Å²) in [4.78, 5) is 0. The van der Waals surface area contributed by atoms with Gasteiger partial charge >= 0.3 is 6.00 Å². The van der Waals surface area contributed by atoms with E-state index in [2.05, 4.69) is 6.92 Å². The summed E-state index contributed by atoms with van der Waals surface area (Å²) in [5.74, 6) is 0. The van der Waals surface area contributed by atoms with E-state index in [0.717, 1.165) is 12.8 Å². The quantitative estimate of drug-likeness (QED) is 0.150. The van der Waals surface area contributed by atoms with E-state index in [0.29, 0.717) is 0 Å². The fraction of sp³-hybridized carbons (Fsp3) is 1.00. The van der Waals surface area contributed by atoms with Crippen molar-refractivity contribution in [3.05, 3.63) is 0 Å². The third-order valence-electron chi connectivity index (χ3n) is 4.54. The Labute approximate surface area is 160 Å². The van der Waals surface area contributed by atoms with Gasteiger partial charge in [-0.3, -0.25) is 0 Å². The molecule has 0 spiro atoms. The Morgan fingerprint density at radius 3 is 1.22 bits per heavy atom. The Bertz CT molecular complexity index is 247. The molecule has 0 radical (unpaired) electrons. The van der Waals surface area contributed by atoms with Gasteiger partial charge in [-0.1, -0.05) is 103 Å². The highest BCUT2D eigenvalue weighted by Crippen LogP contribution is 2.26. The molecule has 0 aliphatic rings. The van der Waals surface area contributed by atoms with Gasteiger partial charge in [-0.2, -0.15) is 0 Å². The van der Waals surface area contributed by atoms with E-state index in [1.54, 1.807) is 0 Å². The first-order valence-corrected chi connectivity index (χ1v) is 14.9. The lowest BCUT2D eigenvalue weighted by atomic mass is 10.0. The minimum atomic E-state index is -2.67. The molecule has 23 heavy (non-hydrogen) atoms. The molecular weight excluding hydrogens is 365 g/mol. The number of hydrogen-bond donors (Lipinski definition) is 1.